The standard InChI is InChI=1S/C14H29N3O2/c1-11(15-3)13-7-5-6-9-17(13)12(2)14(18)16-8-10-19-4/h11-13,15H,5-10H2,1-4H3,(H,16,18). The zero-order valence-electron chi connectivity index (χ0n) is 12.7. The van der Waals surface area contributed by atoms with Crippen LogP contribution in [0.1, 0.15) is 33.1 Å². The van der Waals surface area contributed by atoms with Crippen molar-refractivity contribution in [3.8, 4) is 0 Å². The number of nitrogens with zero attached hydrogens (tertiary/aromatic N) is 1. The minimum atomic E-state index is -0.0713. The van der Waals surface area contributed by atoms with E-state index in [9.17, 15) is 4.79 Å². The van der Waals surface area contributed by atoms with Crippen LogP contribution in [0.15, 0.2) is 0 Å². The molecule has 1 fully saturated rings. The van der Waals surface area contributed by atoms with Crippen LogP contribution in [0.3, 0.4) is 0 Å². The second-order valence-electron chi connectivity index (χ2n) is 5.34. The summed E-state index contributed by atoms with van der Waals surface area (Å²) in [6.07, 6.45) is 3.60. The maximum Gasteiger partial charge on any atom is 0.237 e. The van der Waals surface area contributed by atoms with Crippen LogP contribution in [-0.4, -0.2) is 62.8 Å². The highest BCUT2D eigenvalue weighted by atomic mass is 16.5. The molecule has 19 heavy (non-hydrogen) atoms. The van der Waals surface area contributed by atoms with Crippen LogP contribution in [0, 0.1) is 0 Å². The Morgan fingerprint density at radius 3 is 2.79 bits per heavy atom. The van der Waals surface area contributed by atoms with Crippen LogP contribution >= 0.6 is 0 Å². The molecule has 1 amide bonds. The molecule has 0 radical (unpaired) electrons. The van der Waals surface area contributed by atoms with Gasteiger partial charge >= 0.3 is 0 Å². The molecular weight excluding hydrogens is 242 g/mol. The quantitative estimate of drug-likeness (QED) is 0.666. The molecular formula is C14H29N3O2. The van der Waals surface area contributed by atoms with Gasteiger partial charge in [0.15, 0.2) is 0 Å². The lowest BCUT2D eigenvalue weighted by atomic mass is 9.94. The van der Waals surface area contributed by atoms with Crippen molar-refractivity contribution < 1.29 is 9.53 Å². The largest absolute Gasteiger partial charge is 0.383 e. The number of likely N-dealkylation sites (tertiary alicyclic amines) is 1. The topological polar surface area (TPSA) is 53.6 Å². The third-order valence-electron chi connectivity index (χ3n) is 4.11. The van der Waals surface area contributed by atoms with E-state index in [4.69, 9.17) is 4.74 Å². The predicted octanol–water partition coefficient (Wildman–Crippen LogP) is 0.600. The van der Waals surface area contributed by atoms with Crippen LogP contribution in [0.5, 0.6) is 0 Å². The average molecular weight is 271 g/mol. The first-order chi connectivity index (χ1) is 9.11. The van der Waals surface area contributed by atoms with Crippen LogP contribution in [-0.2, 0) is 9.53 Å². The summed E-state index contributed by atoms with van der Waals surface area (Å²) in [5.41, 5.74) is 0. The maximum absolute atomic E-state index is 12.1. The van der Waals surface area contributed by atoms with Gasteiger partial charge in [0.05, 0.1) is 12.6 Å². The third-order valence-corrected chi connectivity index (χ3v) is 4.11. The van der Waals surface area contributed by atoms with E-state index in [0.29, 0.717) is 25.2 Å². The molecule has 1 rings (SSSR count). The van der Waals surface area contributed by atoms with Gasteiger partial charge in [-0.1, -0.05) is 6.42 Å². The summed E-state index contributed by atoms with van der Waals surface area (Å²) in [4.78, 5) is 14.5. The average Bonchev–Trinajstić information content (AvgIpc) is 2.45. The second kappa shape index (κ2) is 8.51. The van der Waals surface area contributed by atoms with Crippen LogP contribution in [0.4, 0.5) is 0 Å². The van der Waals surface area contributed by atoms with E-state index in [1.165, 1.54) is 12.8 Å². The number of likely N-dealkylation sites (N-methyl/N-ethyl adjacent to an activating group) is 1. The molecule has 5 nitrogen and oxygen atoms in total. The molecule has 0 saturated carbocycles. The van der Waals surface area contributed by atoms with Crippen molar-refractivity contribution in [3.63, 3.8) is 0 Å². The highest BCUT2D eigenvalue weighted by Gasteiger charge is 2.32. The second-order valence-corrected chi connectivity index (χ2v) is 5.34. The van der Waals surface area contributed by atoms with Crippen LogP contribution in [0.25, 0.3) is 0 Å². The van der Waals surface area contributed by atoms with Crippen molar-refractivity contribution in [2.24, 2.45) is 0 Å². The molecule has 0 aromatic heterocycles. The molecule has 3 atom stereocenters. The van der Waals surface area contributed by atoms with E-state index in [1.807, 2.05) is 14.0 Å². The van der Waals surface area contributed by atoms with Crippen molar-refractivity contribution in [2.45, 2.75) is 51.2 Å². The Hall–Kier alpha value is -0.650. The molecule has 1 aliphatic rings. The summed E-state index contributed by atoms with van der Waals surface area (Å²) in [6.45, 7) is 6.35. The predicted molar refractivity (Wildman–Crippen MR) is 77.2 cm³/mol. The molecule has 0 spiro atoms. The fourth-order valence-electron chi connectivity index (χ4n) is 2.76. The summed E-state index contributed by atoms with van der Waals surface area (Å²) in [5.74, 6) is 0.104. The number of hydrogen-bond acceptors (Lipinski definition) is 4. The van der Waals surface area contributed by atoms with Crippen LogP contribution < -0.4 is 10.6 Å². The summed E-state index contributed by atoms with van der Waals surface area (Å²) >= 11 is 0. The lowest BCUT2D eigenvalue weighted by Gasteiger charge is -2.42. The number of amides is 1. The highest BCUT2D eigenvalue weighted by molar-refractivity contribution is 5.81. The number of ether oxygens (including phenoxy) is 1. The Kier molecular flexibility index (Phi) is 7.34. The van der Waals surface area contributed by atoms with Gasteiger partial charge < -0.3 is 15.4 Å². The van der Waals surface area contributed by atoms with E-state index >= 15 is 0 Å². The molecule has 112 valence electrons. The van der Waals surface area contributed by atoms with Gasteiger partial charge in [0.25, 0.3) is 0 Å². The van der Waals surface area contributed by atoms with Crippen molar-refractivity contribution in [3.05, 3.63) is 0 Å². The Morgan fingerprint density at radius 1 is 1.42 bits per heavy atom. The van der Waals surface area contributed by atoms with Crippen LogP contribution in [0.2, 0.25) is 0 Å². The van der Waals surface area contributed by atoms with Gasteiger partial charge in [0.2, 0.25) is 5.91 Å². The monoisotopic (exact) mass is 271 g/mol. The molecule has 3 unspecified atom stereocenters. The van der Waals surface area contributed by atoms with E-state index in [1.54, 1.807) is 7.11 Å². The molecule has 5 heteroatoms. The number of nitrogens with one attached hydrogen (secondary N) is 2. The van der Waals surface area contributed by atoms with Gasteiger partial charge in [-0.25, -0.2) is 0 Å². The zero-order chi connectivity index (χ0) is 14.3. The van der Waals surface area contributed by atoms with E-state index in [2.05, 4.69) is 22.5 Å². The van der Waals surface area contributed by atoms with Crippen molar-refractivity contribution in [1.82, 2.24) is 15.5 Å². The van der Waals surface area contributed by atoms with Crippen molar-refractivity contribution in [1.29, 1.82) is 0 Å². The Bertz CT molecular complexity index is 273. The SMILES string of the molecule is CNC(C)C1CCCCN1C(C)C(=O)NCCOC. The van der Waals surface area contributed by atoms with Gasteiger partial charge in [0, 0.05) is 25.7 Å². The van der Waals surface area contributed by atoms with Crippen molar-refractivity contribution in [2.75, 3.05) is 33.9 Å². The Labute approximate surface area is 117 Å². The normalized spacial score (nSPS) is 23.9. The summed E-state index contributed by atoms with van der Waals surface area (Å²) in [5, 5.41) is 6.25. The number of hydrogen-bond donors (Lipinski definition) is 2. The number of methoxy groups -OCH3 is 1. The molecule has 0 aromatic rings. The summed E-state index contributed by atoms with van der Waals surface area (Å²) < 4.78 is 4.96. The number of carbonyl (C=O) groups excluding carboxylic acids is 1. The summed E-state index contributed by atoms with van der Waals surface area (Å²) in [6, 6.07) is 0.786. The smallest absolute Gasteiger partial charge is 0.237 e. The first-order valence-corrected chi connectivity index (χ1v) is 7.31. The van der Waals surface area contributed by atoms with Gasteiger partial charge in [-0.2, -0.15) is 0 Å². The lowest BCUT2D eigenvalue weighted by Crippen LogP contribution is -2.57. The molecule has 1 saturated heterocycles. The van der Waals surface area contributed by atoms with Gasteiger partial charge in [0.1, 0.15) is 0 Å². The first-order valence-electron chi connectivity index (χ1n) is 7.31. The van der Waals surface area contributed by atoms with E-state index < -0.39 is 0 Å². The van der Waals surface area contributed by atoms with E-state index in [-0.39, 0.29) is 11.9 Å². The molecule has 0 aromatic carbocycles. The van der Waals surface area contributed by atoms with Gasteiger partial charge in [-0.05, 0) is 40.3 Å². The zero-order valence-corrected chi connectivity index (χ0v) is 12.7. The Balaban J connectivity index is 2.55. The molecule has 1 heterocycles. The fourth-order valence-corrected chi connectivity index (χ4v) is 2.76. The number of piperidine rings is 1. The molecule has 1 aliphatic heterocycles. The van der Waals surface area contributed by atoms with Gasteiger partial charge in [-0.15, -0.1) is 0 Å². The summed E-state index contributed by atoms with van der Waals surface area (Å²) in [7, 11) is 3.63. The third kappa shape index (κ3) is 4.75. The number of carbonyl (C=O) groups is 1. The Morgan fingerprint density at radius 2 is 2.16 bits per heavy atom. The highest BCUT2D eigenvalue weighted by Crippen LogP contribution is 2.22. The van der Waals surface area contributed by atoms with Gasteiger partial charge in [-0.3, -0.25) is 9.69 Å². The van der Waals surface area contributed by atoms with Crippen molar-refractivity contribution >= 4 is 5.91 Å². The minimum Gasteiger partial charge on any atom is -0.383 e. The first kappa shape index (κ1) is 16.4. The maximum atomic E-state index is 12.1. The fraction of sp³-hybridized carbons (Fsp3) is 0.929. The minimum absolute atomic E-state index is 0.0713. The molecule has 0 bridgehead atoms. The number of rotatable bonds is 7. The van der Waals surface area contributed by atoms with E-state index in [0.717, 1.165) is 13.0 Å². The molecule has 0 aliphatic carbocycles. The molecule has 2 N–H and O–H groups in total. The lowest BCUT2D eigenvalue weighted by molar-refractivity contribution is -0.127.